The number of hydrogen-bond donors (Lipinski definition) is 1. The highest BCUT2D eigenvalue weighted by atomic mass is 35.5. The van der Waals surface area contributed by atoms with Crippen LogP contribution < -0.4 is 4.72 Å². The van der Waals surface area contributed by atoms with E-state index in [4.69, 9.17) is 16.3 Å². The van der Waals surface area contributed by atoms with Crippen molar-refractivity contribution in [3.05, 3.63) is 57.6 Å². The smallest absolute Gasteiger partial charge is 0.340 e. The highest BCUT2D eigenvalue weighted by Gasteiger charge is 2.27. The minimum absolute atomic E-state index is 0.0442. The third-order valence-electron chi connectivity index (χ3n) is 4.43. The van der Waals surface area contributed by atoms with E-state index >= 15 is 0 Å². The first kappa shape index (κ1) is 19.6. The number of carbonyl (C=O) groups is 1. The zero-order valence-corrected chi connectivity index (χ0v) is 15.9. The number of methoxy groups -OCH3 is 1. The average Bonchev–Trinajstić information content (AvgIpc) is 2.63. The molecule has 0 atom stereocenters. The van der Waals surface area contributed by atoms with Crippen molar-refractivity contribution in [2.24, 2.45) is 0 Å². The fraction of sp³-hybridized carbons (Fsp3) is 0.278. The molecule has 0 amide bonds. The summed E-state index contributed by atoms with van der Waals surface area (Å²) >= 11 is 5.47. The SMILES string of the molecule is COC(=O)c1c(NS(=O)(=O)c2cc(F)c(Cl)cc2F)ccc2c1CCCC2. The molecule has 0 unspecified atom stereocenters. The van der Waals surface area contributed by atoms with Gasteiger partial charge in [-0.15, -0.1) is 0 Å². The molecule has 0 heterocycles. The topological polar surface area (TPSA) is 72.5 Å². The van der Waals surface area contributed by atoms with Crippen molar-refractivity contribution in [1.82, 2.24) is 0 Å². The number of ether oxygens (including phenoxy) is 1. The lowest BCUT2D eigenvalue weighted by Gasteiger charge is -2.21. The van der Waals surface area contributed by atoms with Crippen molar-refractivity contribution in [2.75, 3.05) is 11.8 Å². The molecule has 144 valence electrons. The van der Waals surface area contributed by atoms with Gasteiger partial charge in [0.1, 0.15) is 16.5 Å². The molecule has 2 aromatic rings. The van der Waals surface area contributed by atoms with Gasteiger partial charge < -0.3 is 4.74 Å². The van der Waals surface area contributed by atoms with Crippen LogP contribution in [0.1, 0.15) is 34.3 Å². The summed E-state index contributed by atoms with van der Waals surface area (Å²) < 4.78 is 59.9. The number of nitrogens with one attached hydrogen (secondary N) is 1. The zero-order chi connectivity index (χ0) is 19.8. The van der Waals surface area contributed by atoms with E-state index in [0.29, 0.717) is 24.1 Å². The predicted molar refractivity (Wildman–Crippen MR) is 96.6 cm³/mol. The fourth-order valence-corrected chi connectivity index (χ4v) is 4.45. The highest BCUT2D eigenvalue weighted by Crippen LogP contribution is 2.32. The van der Waals surface area contributed by atoms with Crippen LogP contribution in [0.25, 0.3) is 0 Å². The van der Waals surface area contributed by atoms with E-state index in [0.717, 1.165) is 24.8 Å². The summed E-state index contributed by atoms with van der Waals surface area (Å²) in [6.07, 6.45) is 3.18. The number of halogens is 3. The Morgan fingerprint density at radius 2 is 1.85 bits per heavy atom. The summed E-state index contributed by atoms with van der Waals surface area (Å²) in [6.45, 7) is 0. The molecule has 1 aliphatic rings. The number of hydrogen-bond acceptors (Lipinski definition) is 4. The lowest BCUT2D eigenvalue weighted by Crippen LogP contribution is -2.20. The molecule has 2 aromatic carbocycles. The van der Waals surface area contributed by atoms with Gasteiger partial charge in [-0.25, -0.2) is 22.0 Å². The van der Waals surface area contributed by atoms with Crippen LogP contribution in [0.3, 0.4) is 0 Å². The third kappa shape index (κ3) is 3.77. The van der Waals surface area contributed by atoms with E-state index in [-0.39, 0.29) is 11.3 Å². The Morgan fingerprint density at radius 1 is 1.15 bits per heavy atom. The summed E-state index contributed by atoms with van der Waals surface area (Å²) in [5, 5.41) is -0.532. The predicted octanol–water partition coefficient (Wildman–Crippen LogP) is 4.08. The van der Waals surface area contributed by atoms with E-state index in [1.807, 2.05) is 0 Å². The summed E-state index contributed by atoms with van der Waals surface area (Å²) in [7, 11) is -3.31. The van der Waals surface area contributed by atoms with Crippen molar-refractivity contribution in [1.29, 1.82) is 0 Å². The van der Waals surface area contributed by atoms with Gasteiger partial charge in [0.05, 0.1) is 23.4 Å². The molecule has 0 aliphatic heterocycles. The Balaban J connectivity index is 2.10. The number of fused-ring (bicyclic) bond motifs is 1. The van der Waals surface area contributed by atoms with Crippen molar-refractivity contribution in [3.8, 4) is 0 Å². The average molecular weight is 416 g/mol. The maximum Gasteiger partial charge on any atom is 0.340 e. The highest BCUT2D eigenvalue weighted by molar-refractivity contribution is 7.92. The number of anilines is 1. The van der Waals surface area contributed by atoms with Crippen LogP contribution in [0.5, 0.6) is 0 Å². The fourth-order valence-electron chi connectivity index (χ4n) is 3.16. The van der Waals surface area contributed by atoms with Crippen LogP contribution in [-0.4, -0.2) is 21.5 Å². The summed E-state index contributed by atoms with van der Waals surface area (Å²) in [5.41, 5.74) is 1.69. The molecule has 27 heavy (non-hydrogen) atoms. The van der Waals surface area contributed by atoms with E-state index in [2.05, 4.69) is 4.72 Å². The molecule has 9 heteroatoms. The molecule has 5 nitrogen and oxygen atoms in total. The van der Waals surface area contributed by atoms with E-state index in [1.54, 1.807) is 6.07 Å². The number of sulfonamides is 1. The molecule has 0 aromatic heterocycles. The first-order valence-corrected chi connectivity index (χ1v) is 10.0. The molecule has 1 N–H and O–H groups in total. The van der Waals surface area contributed by atoms with Gasteiger partial charge in [-0.2, -0.15) is 0 Å². The third-order valence-corrected chi connectivity index (χ3v) is 6.10. The lowest BCUT2D eigenvalue weighted by molar-refractivity contribution is 0.0600. The monoisotopic (exact) mass is 415 g/mol. The number of carbonyl (C=O) groups excluding carboxylic acids is 1. The first-order chi connectivity index (χ1) is 12.7. The second-order valence-electron chi connectivity index (χ2n) is 6.13. The van der Waals surface area contributed by atoms with E-state index in [9.17, 15) is 22.0 Å². The van der Waals surface area contributed by atoms with Crippen molar-refractivity contribution in [3.63, 3.8) is 0 Å². The second-order valence-corrected chi connectivity index (χ2v) is 8.18. The number of benzene rings is 2. The van der Waals surface area contributed by atoms with Crippen LogP contribution in [0.4, 0.5) is 14.5 Å². The second kappa shape index (κ2) is 7.44. The molecule has 3 rings (SSSR count). The number of rotatable bonds is 4. The largest absolute Gasteiger partial charge is 0.465 e. The van der Waals surface area contributed by atoms with Gasteiger partial charge in [0.15, 0.2) is 0 Å². The van der Waals surface area contributed by atoms with Crippen molar-refractivity contribution in [2.45, 2.75) is 30.6 Å². The molecular weight excluding hydrogens is 400 g/mol. The van der Waals surface area contributed by atoms with Crippen molar-refractivity contribution >= 4 is 33.3 Å². The van der Waals surface area contributed by atoms with E-state index < -0.39 is 37.5 Å². The van der Waals surface area contributed by atoms with Gasteiger partial charge in [0.2, 0.25) is 0 Å². The minimum atomic E-state index is -4.51. The van der Waals surface area contributed by atoms with Gasteiger partial charge in [-0.05, 0) is 55.0 Å². The molecule has 0 saturated carbocycles. The molecule has 0 spiro atoms. The quantitative estimate of drug-likeness (QED) is 0.603. The Morgan fingerprint density at radius 3 is 2.56 bits per heavy atom. The standard InChI is InChI=1S/C18H16ClF2NO4S/c1-26-18(23)17-11-5-3-2-4-10(11)6-7-15(17)22-27(24,25)16-9-13(20)12(19)8-14(16)21/h6-9,22H,2-5H2,1H3. The summed E-state index contributed by atoms with van der Waals surface area (Å²) in [5.74, 6) is -2.97. The van der Waals surface area contributed by atoms with Crippen molar-refractivity contribution < 1.29 is 26.7 Å². The molecule has 0 radical (unpaired) electrons. The first-order valence-electron chi connectivity index (χ1n) is 8.15. The summed E-state index contributed by atoms with van der Waals surface area (Å²) in [4.78, 5) is 11.4. The zero-order valence-electron chi connectivity index (χ0n) is 14.3. The Hall–Kier alpha value is -2.19. The van der Waals surface area contributed by atoms with Gasteiger partial charge >= 0.3 is 5.97 Å². The van der Waals surface area contributed by atoms with E-state index in [1.165, 1.54) is 13.2 Å². The number of aryl methyl sites for hydroxylation is 1. The van der Waals surface area contributed by atoms with Gasteiger partial charge in [-0.3, -0.25) is 4.72 Å². The molecular formula is C18H16ClF2NO4S. The van der Waals surface area contributed by atoms with Crippen LogP contribution in [0.15, 0.2) is 29.2 Å². The van der Waals surface area contributed by atoms with Crippen LogP contribution >= 0.6 is 11.6 Å². The van der Waals surface area contributed by atoms with Crippen LogP contribution in [0.2, 0.25) is 5.02 Å². The Labute approximate surface area is 160 Å². The molecule has 0 saturated heterocycles. The molecule has 1 aliphatic carbocycles. The lowest BCUT2D eigenvalue weighted by atomic mass is 9.87. The number of esters is 1. The molecule has 0 fully saturated rings. The minimum Gasteiger partial charge on any atom is -0.465 e. The maximum atomic E-state index is 14.1. The molecule has 0 bridgehead atoms. The normalized spacial score (nSPS) is 13.8. The Kier molecular flexibility index (Phi) is 5.39. The summed E-state index contributed by atoms with van der Waals surface area (Å²) in [6, 6.07) is 4.23. The van der Waals surface area contributed by atoms with Gasteiger partial charge in [-0.1, -0.05) is 17.7 Å². The van der Waals surface area contributed by atoms with Crippen LogP contribution in [0, 0.1) is 11.6 Å². The van der Waals surface area contributed by atoms with Crippen LogP contribution in [-0.2, 0) is 27.6 Å². The maximum absolute atomic E-state index is 14.1. The Bertz CT molecular complexity index is 1020. The van der Waals surface area contributed by atoms with Gasteiger partial charge in [0.25, 0.3) is 10.0 Å². The van der Waals surface area contributed by atoms with Gasteiger partial charge in [0, 0.05) is 0 Å².